The van der Waals surface area contributed by atoms with E-state index in [4.69, 9.17) is 0 Å². The molecule has 94 valence electrons. The Balaban J connectivity index is 2.36. The van der Waals surface area contributed by atoms with Crippen molar-refractivity contribution in [2.45, 2.75) is 38.5 Å². The smallest absolute Gasteiger partial charge is 0.163 e. The quantitative estimate of drug-likeness (QED) is 0.602. The molecule has 0 aromatic heterocycles. The van der Waals surface area contributed by atoms with Crippen LogP contribution in [0.15, 0.2) is 30.4 Å². The van der Waals surface area contributed by atoms with E-state index in [-0.39, 0.29) is 11.2 Å². The highest BCUT2D eigenvalue weighted by molar-refractivity contribution is 5.99. The molecule has 0 aliphatic heterocycles. The van der Waals surface area contributed by atoms with Gasteiger partial charge in [0.25, 0.3) is 0 Å². The zero-order valence-electron chi connectivity index (χ0n) is 10.9. The summed E-state index contributed by atoms with van der Waals surface area (Å²) in [5.74, 6) is 0.241. The van der Waals surface area contributed by atoms with Crippen LogP contribution in [0.25, 0.3) is 0 Å². The molecule has 0 bridgehead atoms. The van der Waals surface area contributed by atoms with Gasteiger partial charge in [0.05, 0.1) is 0 Å². The minimum atomic E-state index is 0.0837. The predicted molar refractivity (Wildman–Crippen MR) is 71.9 cm³/mol. The van der Waals surface area contributed by atoms with Crippen LogP contribution >= 0.6 is 0 Å². The van der Waals surface area contributed by atoms with Crippen LogP contribution in [0, 0.1) is 0 Å². The van der Waals surface area contributed by atoms with Crippen molar-refractivity contribution in [2.24, 2.45) is 0 Å². The molecule has 2 nitrogen and oxygen atoms in total. The van der Waals surface area contributed by atoms with E-state index in [0.717, 1.165) is 29.4 Å². The maximum absolute atomic E-state index is 12.0. The van der Waals surface area contributed by atoms with Crippen LogP contribution in [0.5, 0.6) is 0 Å². The average Bonchev–Trinajstić information content (AvgIpc) is 2.35. The summed E-state index contributed by atoms with van der Waals surface area (Å²) in [7, 11) is 0. The summed E-state index contributed by atoms with van der Waals surface area (Å²) < 4.78 is 0. The first-order chi connectivity index (χ1) is 8.54. The fourth-order valence-corrected chi connectivity index (χ4v) is 2.49. The molecule has 0 N–H and O–H groups in total. The lowest BCUT2D eigenvalue weighted by Crippen LogP contribution is -2.27. The maximum atomic E-state index is 12.0. The number of allylic oxidation sites excluding steroid dienone is 2. The number of rotatable bonds is 3. The number of carbonyl (C=O) groups excluding carboxylic acids is 2. The molecule has 0 spiro atoms. The van der Waals surface area contributed by atoms with E-state index in [9.17, 15) is 9.59 Å². The van der Waals surface area contributed by atoms with Gasteiger partial charge in [-0.15, -0.1) is 0 Å². The Morgan fingerprint density at radius 3 is 2.83 bits per heavy atom. The first-order valence-corrected chi connectivity index (χ1v) is 6.31. The van der Waals surface area contributed by atoms with Crippen LogP contribution < -0.4 is 0 Å². The van der Waals surface area contributed by atoms with Gasteiger partial charge in [0.2, 0.25) is 0 Å². The fourth-order valence-electron chi connectivity index (χ4n) is 2.49. The number of carbonyl (C=O) groups is 2. The number of fused-ring (bicyclic) bond motifs is 1. The second-order valence-corrected chi connectivity index (χ2v) is 5.46. The third-order valence-electron chi connectivity index (χ3n) is 3.66. The van der Waals surface area contributed by atoms with Gasteiger partial charge in [0.1, 0.15) is 6.29 Å². The number of benzene rings is 1. The highest BCUT2D eigenvalue weighted by Crippen LogP contribution is 2.36. The molecule has 0 atom stereocenters. The molecule has 0 fully saturated rings. The number of hydrogen-bond donors (Lipinski definition) is 0. The molecule has 18 heavy (non-hydrogen) atoms. The van der Waals surface area contributed by atoms with E-state index < -0.39 is 0 Å². The van der Waals surface area contributed by atoms with Gasteiger partial charge in [-0.25, -0.2) is 0 Å². The Morgan fingerprint density at radius 1 is 1.33 bits per heavy atom. The highest BCUT2D eigenvalue weighted by atomic mass is 16.1. The van der Waals surface area contributed by atoms with Crippen molar-refractivity contribution in [1.82, 2.24) is 0 Å². The van der Waals surface area contributed by atoms with Crippen LogP contribution in [-0.2, 0) is 16.6 Å². The summed E-state index contributed by atoms with van der Waals surface area (Å²) >= 11 is 0. The minimum absolute atomic E-state index is 0.0837. The molecule has 1 aromatic rings. The first-order valence-electron chi connectivity index (χ1n) is 6.31. The summed E-state index contributed by atoms with van der Waals surface area (Å²) in [6.45, 7) is 4.37. The molecule has 0 saturated heterocycles. The van der Waals surface area contributed by atoms with Crippen LogP contribution in [-0.4, -0.2) is 12.1 Å². The lowest BCUT2D eigenvalue weighted by molar-refractivity contribution is -0.104. The van der Waals surface area contributed by atoms with E-state index >= 15 is 0 Å². The molecule has 1 aliphatic carbocycles. The standard InChI is InChI=1S/C16H18O2/c1-16(2)9-8-15(18)13-11-12(5-3-4-10-17)6-7-14(13)16/h3-4,6-7,10-11H,5,8-9H2,1-2H3. The Labute approximate surface area is 108 Å². The SMILES string of the molecule is CC1(C)CCC(=O)c2cc(CC=CC=O)ccc21. The van der Waals surface area contributed by atoms with Gasteiger partial charge in [-0.05, 0) is 41.5 Å². The van der Waals surface area contributed by atoms with Crippen molar-refractivity contribution < 1.29 is 9.59 Å². The normalized spacial score (nSPS) is 17.8. The molecule has 2 heteroatoms. The van der Waals surface area contributed by atoms with Gasteiger partial charge in [0, 0.05) is 12.0 Å². The summed E-state index contributed by atoms with van der Waals surface area (Å²) in [5.41, 5.74) is 3.18. The second kappa shape index (κ2) is 4.89. The summed E-state index contributed by atoms with van der Waals surface area (Å²) in [6.07, 6.45) is 6.32. The molecule has 0 heterocycles. The minimum Gasteiger partial charge on any atom is -0.299 e. The largest absolute Gasteiger partial charge is 0.299 e. The zero-order chi connectivity index (χ0) is 13.2. The van der Waals surface area contributed by atoms with Gasteiger partial charge < -0.3 is 0 Å². The van der Waals surface area contributed by atoms with E-state index in [1.54, 1.807) is 0 Å². The van der Waals surface area contributed by atoms with Crippen LogP contribution in [0.1, 0.15) is 48.2 Å². The molecule has 0 saturated carbocycles. The first kappa shape index (κ1) is 12.7. The third kappa shape index (κ3) is 2.42. The topological polar surface area (TPSA) is 34.1 Å². The monoisotopic (exact) mass is 242 g/mol. The molecule has 0 amide bonds. The van der Waals surface area contributed by atoms with Crippen LogP contribution in [0.4, 0.5) is 0 Å². The second-order valence-electron chi connectivity index (χ2n) is 5.46. The molecule has 1 aliphatic rings. The van der Waals surface area contributed by atoms with Crippen molar-refractivity contribution in [2.75, 3.05) is 0 Å². The number of Topliss-reactive ketones (excluding diaryl/α,β-unsaturated/α-hetero) is 1. The predicted octanol–water partition coefficient (Wildman–Crippen LogP) is 3.24. The highest BCUT2D eigenvalue weighted by Gasteiger charge is 2.31. The van der Waals surface area contributed by atoms with Gasteiger partial charge in [0.15, 0.2) is 5.78 Å². The van der Waals surface area contributed by atoms with Gasteiger partial charge in [-0.2, -0.15) is 0 Å². The fraction of sp³-hybridized carbons (Fsp3) is 0.375. The lowest BCUT2D eigenvalue weighted by Gasteiger charge is -2.31. The summed E-state index contributed by atoms with van der Waals surface area (Å²) in [4.78, 5) is 22.2. The molecule has 0 radical (unpaired) electrons. The summed E-state index contributed by atoms with van der Waals surface area (Å²) in [6, 6.07) is 6.10. The van der Waals surface area contributed by atoms with Crippen LogP contribution in [0.2, 0.25) is 0 Å². The zero-order valence-corrected chi connectivity index (χ0v) is 10.9. The van der Waals surface area contributed by atoms with Crippen molar-refractivity contribution in [3.8, 4) is 0 Å². The summed E-state index contributed by atoms with van der Waals surface area (Å²) in [5, 5.41) is 0. The number of ketones is 1. The Hall–Kier alpha value is -1.70. The van der Waals surface area contributed by atoms with Crippen molar-refractivity contribution >= 4 is 12.1 Å². The number of aldehydes is 1. The van der Waals surface area contributed by atoms with Crippen LogP contribution in [0.3, 0.4) is 0 Å². The molecule has 1 aromatic carbocycles. The van der Waals surface area contributed by atoms with E-state index in [0.29, 0.717) is 12.8 Å². The molecule has 0 unspecified atom stereocenters. The molecule has 2 rings (SSSR count). The Kier molecular flexibility index (Phi) is 3.46. The molecular formula is C16H18O2. The maximum Gasteiger partial charge on any atom is 0.163 e. The average molecular weight is 242 g/mol. The van der Waals surface area contributed by atoms with Crippen molar-refractivity contribution in [3.63, 3.8) is 0 Å². The molecular weight excluding hydrogens is 224 g/mol. The van der Waals surface area contributed by atoms with Gasteiger partial charge in [-0.3, -0.25) is 9.59 Å². The van der Waals surface area contributed by atoms with E-state index in [1.807, 2.05) is 18.2 Å². The van der Waals surface area contributed by atoms with Gasteiger partial charge in [-0.1, -0.05) is 32.1 Å². The third-order valence-corrected chi connectivity index (χ3v) is 3.66. The lowest BCUT2D eigenvalue weighted by atomic mass is 9.72. The van der Waals surface area contributed by atoms with E-state index in [1.165, 1.54) is 6.08 Å². The number of hydrogen-bond acceptors (Lipinski definition) is 2. The van der Waals surface area contributed by atoms with E-state index in [2.05, 4.69) is 19.9 Å². The Bertz CT molecular complexity index is 510. The van der Waals surface area contributed by atoms with Crippen molar-refractivity contribution in [1.29, 1.82) is 0 Å². The van der Waals surface area contributed by atoms with Gasteiger partial charge >= 0.3 is 0 Å². The van der Waals surface area contributed by atoms with Crippen molar-refractivity contribution in [3.05, 3.63) is 47.0 Å². The Morgan fingerprint density at radius 2 is 2.11 bits per heavy atom.